The minimum absolute atomic E-state index is 1.07. The molecule has 0 fully saturated rings. The topological polar surface area (TPSA) is 0 Å². The Balaban J connectivity index is 2.40. The molecule has 0 radical (unpaired) electrons. The smallest absolute Gasteiger partial charge is 0.0107 e. The second-order valence-electron chi connectivity index (χ2n) is 0.744. The highest BCUT2D eigenvalue weighted by atomic mass is 32.2. The van der Waals surface area contributed by atoms with Crippen molar-refractivity contribution in [2.45, 2.75) is 0 Å². The van der Waals surface area contributed by atoms with Crippen LogP contribution in [0.3, 0.4) is 0 Å². The van der Waals surface area contributed by atoms with Crippen molar-refractivity contribution in [3.8, 4) is 0 Å². The van der Waals surface area contributed by atoms with Gasteiger partial charge in [-0.25, -0.2) is 0 Å². The summed E-state index contributed by atoms with van der Waals surface area (Å²) in [6, 6.07) is 0. The van der Waals surface area contributed by atoms with Crippen molar-refractivity contribution < 1.29 is 0 Å². The van der Waals surface area contributed by atoms with Crippen LogP contribution in [0.1, 0.15) is 0 Å². The summed E-state index contributed by atoms with van der Waals surface area (Å²) in [4.78, 5) is 0. The average Bonchev–Trinajstić information content (AvgIpc) is 1.41. The summed E-state index contributed by atoms with van der Waals surface area (Å²) in [5.41, 5.74) is 0. The van der Waals surface area contributed by atoms with E-state index in [9.17, 15) is 0 Å². The second-order valence-corrected chi connectivity index (χ2v) is 1.65. The van der Waals surface area contributed by atoms with Gasteiger partial charge in [-0.1, -0.05) is 6.08 Å². The Bertz CT molecular complexity index is 24.8. The molecule has 0 rings (SSSR count). The lowest BCUT2D eigenvalue weighted by Crippen LogP contribution is -1.57. The molecule has 0 aliphatic heterocycles. The summed E-state index contributed by atoms with van der Waals surface area (Å²) in [6.07, 6.45) is 3.95. The van der Waals surface area contributed by atoms with Gasteiger partial charge in [0.2, 0.25) is 0 Å². The van der Waals surface area contributed by atoms with Crippen molar-refractivity contribution in [3.05, 3.63) is 12.7 Å². The molecule has 0 spiro atoms. The maximum Gasteiger partial charge on any atom is 0.0107 e. The maximum atomic E-state index is 3.53. The molecule has 30 valence electrons. The minimum atomic E-state index is 1.07. The van der Waals surface area contributed by atoms with Gasteiger partial charge in [0, 0.05) is 5.75 Å². The van der Waals surface area contributed by atoms with Crippen LogP contribution in [0.5, 0.6) is 0 Å². The second kappa shape index (κ2) is 4.09. The van der Waals surface area contributed by atoms with Crippen LogP contribution < -0.4 is 0 Å². The third-order valence-electron chi connectivity index (χ3n) is 0.285. The lowest BCUT2D eigenvalue weighted by atomic mass is 10.8. The summed E-state index contributed by atoms with van der Waals surface area (Å²) in [7, 11) is 0. The summed E-state index contributed by atoms with van der Waals surface area (Å²) in [5, 5.41) is 0. The quantitative estimate of drug-likeness (QED) is 0.461. The van der Waals surface area contributed by atoms with Gasteiger partial charge >= 0.3 is 0 Å². The third kappa shape index (κ3) is 4.09. The fourth-order valence-corrected chi connectivity index (χ4v) is 0.354. The van der Waals surface area contributed by atoms with E-state index < -0.39 is 0 Å². The van der Waals surface area contributed by atoms with Crippen molar-refractivity contribution in [1.29, 1.82) is 0 Å². The van der Waals surface area contributed by atoms with Gasteiger partial charge in [-0.05, 0) is 6.26 Å². The number of hydrogen-bond acceptors (Lipinski definition) is 1. The van der Waals surface area contributed by atoms with E-state index in [2.05, 4.69) is 12.8 Å². The first-order chi connectivity index (χ1) is 2.41. The van der Waals surface area contributed by atoms with Crippen LogP contribution in [-0.2, 0) is 0 Å². The molecule has 0 aliphatic carbocycles. The van der Waals surface area contributed by atoms with Gasteiger partial charge in [-0.2, -0.15) is 11.8 Å². The van der Waals surface area contributed by atoms with Crippen molar-refractivity contribution in [2.24, 2.45) is 0 Å². The van der Waals surface area contributed by atoms with Gasteiger partial charge in [-0.3, -0.25) is 0 Å². The van der Waals surface area contributed by atoms with Crippen LogP contribution in [0.15, 0.2) is 12.7 Å². The Morgan fingerprint density at radius 1 is 2.00 bits per heavy atom. The zero-order valence-electron chi connectivity index (χ0n) is 3.40. The molecule has 5 heavy (non-hydrogen) atoms. The Morgan fingerprint density at radius 2 is 2.60 bits per heavy atom. The first-order valence-corrected chi connectivity index (χ1v) is 2.91. The molecule has 0 nitrogen and oxygen atoms in total. The monoisotopic (exact) mass is 88.0 g/mol. The molecule has 0 aromatic heterocycles. The fraction of sp³-hybridized carbons (Fsp3) is 0.500. The number of rotatable bonds is 2. The first kappa shape index (κ1) is 5.09. The highest BCUT2D eigenvalue weighted by Gasteiger charge is 1.60. The van der Waals surface area contributed by atoms with Gasteiger partial charge in [0.1, 0.15) is 0 Å². The predicted octanol–water partition coefficient (Wildman–Crippen LogP) is 1.54. The Labute approximate surface area is 37.3 Å². The first-order valence-electron chi connectivity index (χ1n) is 1.51. The molecular formula is C4H8S. The van der Waals surface area contributed by atoms with E-state index in [1.807, 2.05) is 6.08 Å². The number of thioether (sulfide) groups is 1. The van der Waals surface area contributed by atoms with Crippen LogP contribution in [0, 0.1) is 0 Å². The predicted molar refractivity (Wildman–Crippen MR) is 28.6 cm³/mol. The average molecular weight is 88.2 g/mol. The molecule has 0 aliphatic rings. The van der Waals surface area contributed by atoms with Gasteiger partial charge in [-0.15, -0.1) is 6.58 Å². The van der Waals surface area contributed by atoms with Crippen LogP contribution in [0.25, 0.3) is 0 Å². The number of hydrogen-bond donors (Lipinski definition) is 0. The van der Waals surface area contributed by atoms with Crippen LogP contribution >= 0.6 is 11.8 Å². The van der Waals surface area contributed by atoms with Crippen molar-refractivity contribution in [1.82, 2.24) is 0 Å². The van der Waals surface area contributed by atoms with E-state index in [-0.39, 0.29) is 0 Å². The lowest BCUT2D eigenvalue weighted by molar-refractivity contribution is 1.82. The van der Waals surface area contributed by atoms with Gasteiger partial charge in [0.05, 0.1) is 0 Å². The molecule has 0 aromatic rings. The molecule has 0 atom stereocenters. The largest absolute Gasteiger partial charge is 0.161 e. The molecule has 0 bridgehead atoms. The molecular weight excluding hydrogens is 80.1 g/mol. The Hall–Kier alpha value is 0.0900. The van der Waals surface area contributed by atoms with Crippen molar-refractivity contribution >= 4 is 11.8 Å². The Morgan fingerprint density at radius 3 is 2.60 bits per heavy atom. The summed E-state index contributed by atoms with van der Waals surface area (Å²) in [5.74, 6) is 1.07. The standard InChI is InChI=1S/C4H8S/c1-3-4-5-2/h3H,1,4H2,2H3. The fourth-order valence-electron chi connectivity index (χ4n) is 0.118. The van der Waals surface area contributed by atoms with Crippen LogP contribution in [0.2, 0.25) is 0 Å². The summed E-state index contributed by atoms with van der Waals surface area (Å²) < 4.78 is 0. The van der Waals surface area contributed by atoms with Gasteiger partial charge in [0.15, 0.2) is 0 Å². The van der Waals surface area contributed by atoms with E-state index in [0.29, 0.717) is 0 Å². The molecule has 0 N–H and O–H groups in total. The highest BCUT2D eigenvalue weighted by Crippen LogP contribution is 1.87. The molecule has 0 unspecified atom stereocenters. The van der Waals surface area contributed by atoms with E-state index in [1.54, 1.807) is 11.8 Å². The molecule has 0 amide bonds. The molecule has 0 aromatic carbocycles. The molecule has 0 saturated carbocycles. The summed E-state index contributed by atoms with van der Waals surface area (Å²) >= 11 is 1.78. The third-order valence-corrected chi connectivity index (χ3v) is 0.854. The van der Waals surface area contributed by atoms with Gasteiger partial charge < -0.3 is 0 Å². The molecule has 0 saturated heterocycles. The van der Waals surface area contributed by atoms with Crippen LogP contribution in [-0.4, -0.2) is 12.0 Å². The van der Waals surface area contributed by atoms with Crippen molar-refractivity contribution in [3.63, 3.8) is 0 Å². The van der Waals surface area contributed by atoms with Gasteiger partial charge in [0.25, 0.3) is 0 Å². The minimum Gasteiger partial charge on any atom is -0.161 e. The van der Waals surface area contributed by atoms with E-state index in [0.717, 1.165) is 5.75 Å². The normalized spacial score (nSPS) is 7.40. The molecule has 0 heterocycles. The van der Waals surface area contributed by atoms with E-state index in [1.165, 1.54) is 0 Å². The van der Waals surface area contributed by atoms with E-state index in [4.69, 9.17) is 0 Å². The van der Waals surface area contributed by atoms with E-state index >= 15 is 0 Å². The highest BCUT2D eigenvalue weighted by molar-refractivity contribution is 7.98. The van der Waals surface area contributed by atoms with Crippen molar-refractivity contribution in [2.75, 3.05) is 12.0 Å². The Kier molecular flexibility index (Phi) is 4.16. The zero-order valence-corrected chi connectivity index (χ0v) is 4.22. The van der Waals surface area contributed by atoms with Crippen LogP contribution in [0.4, 0.5) is 0 Å². The zero-order chi connectivity index (χ0) is 4.12. The lowest BCUT2D eigenvalue weighted by Gasteiger charge is -1.74. The summed E-state index contributed by atoms with van der Waals surface area (Å²) in [6.45, 7) is 3.53. The SMILES string of the molecule is C=CCSC. The molecule has 1 heteroatoms. The maximum absolute atomic E-state index is 3.53.